The highest BCUT2D eigenvalue weighted by atomic mass is 19.4. The Labute approximate surface area is 182 Å². The van der Waals surface area contributed by atoms with Gasteiger partial charge in [-0.1, -0.05) is 54.6 Å². The summed E-state index contributed by atoms with van der Waals surface area (Å²) in [5.41, 5.74) is 7.00. The van der Waals surface area contributed by atoms with Gasteiger partial charge >= 0.3 is 18.1 Å². The lowest BCUT2D eigenvalue weighted by Crippen LogP contribution is -2.25. The first kappa shape index (κ1) is 23.0. The minimum Gasteiger partial charge on any atom is -0.478 e. The third-order valence-corrected chi connectivity index (χ3v) is 5.00. The monoisotopic (exact) mass is 443 g/mol. The van der Waals surface area contributed by atoms with Gasteiger partial charge in [0.1, 0.15) is 12.1 Å². The van der Waals surface area contributed by atoms with Gasteiger partial charge in [0.25, 0.3) is 0 Å². The molecule has 166 valence electrons. The molecule has 8 heteroatoms. The van der Waals surface area contributed by atoms with E-state index in [0.29, 0.717) is 22.3 Å². The molecule has 0 saturated heterocycles. The highest BCUT2D eigenvalue weighted by Crippen LogP contribution is 2.33. The number of carbonyl (C=O) groups is 2. The molecule has 1 unspecified atom stereocenters. The molecular weight excluding hydrogens is 423 g/mol. The van der Waals surface area contributed by atoms with Gasteiger partial charge in [0, 0.05) is 0 Å². The molecule has 0 spiro atoms. The Morgan fingerprint density at radius 1 is 0.906 bits per heavy atom. The second-order valence-electron chi connectivity index (χ2n) is 7.11. The van der Waals surface area contributed by atoms with Crippen LogP contribution in [0.15, 0.2) is 72.8 Å². The van der Waals surface area contributed by atoms with Crippen molar-refractivity contribution in [2.24, 2.45) is 5.73 Å². The zero-order valence-electron chi connectivity index (χ0n) is 17.0. The molecule has 3 aromatic rings. The van der Waals surface area contributed by atoms with E-state index in [1.165, 1.54) is 25.1 Å². The third-order valence-electron chi connectivity index (χ3n) is 5.00. The molecule has 5 nitrogen and oxygen atoms in total. The summed E-state index contributed by atoms with van der Waals surface area (Å²) in [7, 11) is 0. The average molecular weight is 443 g/mol. The lowest BCUT2D eigenvalue weighted by molar-refractivity contribution is -0.150. The number of alkyl halides is 3. The Morgan fingerprint density at radius 2 is 1.47 bits per heavy atom. The molecular formula is C24H20F3NO4. The Bertz CT molecular complexity index is 1130. The van der Waals surface area contributed by atoms with Gasteiger partial charge in [0.2, 0.25) is 0 Å². The number of nitrogens with two attached hydrogens (primary N) is 1. The summed E-state index contributed by atoms with van der Waals surface area (Å²) in [5.74, 6) is -1.92. The predicted octanol–water partition coefficient (Wildman–Crippen LogP) is 5.37. The van der Waals surface area contributed by atoms with E-state index in [4.69, 9.17) is 10.5 Å². The van der Waals surface area contributed by atoms with Crippen LogP contribution < -0.4 is 5.73 Å². The Morgan fingerprint density at radius 3 is 2.06 bits per heavy atom. The first-order valence-electron chi connectivity index (χ1n) is 9.64. The van der Waals surface area contributed by atoms with Gasteiger partial charge in [0.15, 0.2) is 0 Å². The van der Waals surface area contributed by atoms with Crippen LogP contribution in [0.2, 0.25) is 0 Å². The van der Waals surface area contributed by atoms with Crippen molar-refractivity contribution in [1.82, 2.24) is 0 Å². The SMILES string of the molecule is CC(OC(=O)[C@@H](N)c1ccccc1-c1ccccc1C(=O)O)c1ccc(C(F)(F)F)cc1. The van der Waals surface area contributed by atoms with Crippen LogP contribution in [-0.4, -0.2) is 17.0 Å². The summed E-state index contributed by atoms with van der Waals surface area (Å²) in [4.78, 5) is 24.3. The number of carboxylic acids is 1. The standard InChI is InChI=1S/C24H20F3NO4/c1-14(15-10-12-16(13-11-15)24(25,26)27)32-23(31)21(28)19-8-4-2-6-17(19)18-7-3-5-9-20(18)22(29)30/h2-14,21H,28H2,1H3,(H,29,30)/t14?,21-/m0/s1. The van der Waals surface area contributed by atoms with Crippen molar-refractivity contribution < 1.29 is 32.6 Å². The van der Waals surface area contributed by atoms with Crippen molar-refractivity contribution in [3.05, 3.63) is 95.1 Å². The van der Waals surface area contributed by atoms with E-state index in [2.05, 4.69) is 0 Å². The minimum atomic E-state index is -4.46. The largest absolute Gasteiger partial charge is 0.478 e. The molecule has 0 heterocycles. The van der Waals surface area contributed by atoms with E-state index in [9.17, 15) is 27.9 Å². The van der Waals surface area contributed by atoms with Gasteiger partial charge in [-0.2, -0.15) is 13.2 Å². The Hall–Kier alpha value is -3.65. The zero-order valence-corrected chi connectivity index (χ0v) is 17.0. The lowest BCUT2D eigenvalue weighted by Gasteiger charge is -2.20. The fourth-order valence-corrected chi connectivity index (χ4v) is 3.30. The fourth-order valence-electron chi connectivity index (χ4n) is 3.30. The van der Waals surface area contributed by atoms with Crippen LogP contribution in [0.3, 0.4) is 0 Å². The molecule has 32 heavy (non-hydrogen) atoms. The van der Waals surface area contributed by atoms with Crippen molar-refractivity contribution in [1.29, 1.82) is 0 Å². The molecule has 0 fully saturated rings. The maximum atomic E-state index is 12.7. The topological polar surface area (TPSA) is 89.6 Å². The van der Waals surface area contributed by atoms with Crippen LogP contribution in [0.4, 0.5) is 13.2 Å². The highest BCUT2D eigenvalue weighted by molar-refractivity contribution is 5.97. The van der Waals surface area contributed by atoms with Gasteiger partial charge in [-0.3, -0.25) is 0 Å². The molecule has 0 aliphatic heterocycles. The summed E-state index contributed by atoms with van der Waals surface area (Å²) in [6, 6.07) is 16.0. The second kappa shape index (κ2) is 9.23. The van der Waals surface area contributed by atoms with Crippen molar-refractivity contribution in [3.63, 3.8) is 0 Å². The average Bonchev–Trinajstić information content (AvgIpc) is 2.78. The lowest BCUT2D eigenvalue weighted by atomic mass is 9.92. The van der Waals surface area contributed by atoms with Crippen molar-refractivity contribution >= 4 is 11.9 Å². The van der Waals surface area contributed by atoms with Crippen molar-refractivity contribution in [2.75, 3.05) is 0 Å². The van der Waals surface area contributed by atoms with E-state index in [1.54, 1.807) is 42.5 Å². The van der Waals surface area contributed by atoms with Gasteiger partial charge in [-0.15, -0.1) is 0 Å². The summed E-state index contributed by atoms with van der Waals surface area (Å²) >= 11 is 0. The Kier molecular flexibility index (Phi) is 6.64. The van der Waals surface area contributed by atoms with Crippen molar-refractivity contribution in [3.8, 4) is 11.1 Å². The maximum absolute atomic E-state index is 12.7. The fraction of sp³-hybridized carbons (Fsp3) is 0.167. The second-order valence-corrected chi connectivity index (χ2v) is 7.11. The van der Waals surface area contributed by atoms with Gasteiger partial charge in [0.05, 0.1) is 11.1 Å². The molecule has 3 aromatic carbocycles. The normalized spacial score (nSPS) is 13.3. The minimum absolute atomic E-state index is 0.0543. The summed E-state index contributed by atoms with van der Waals surface area (Å²) < 4.78 is 43.6. The molecule has 0 bridgehead atoms. The summed E-state index contributed by atoms with van der Waals surface area (Å²) in [6.07, 6.45) is -5.30. The number of halogens is 3. The highest BCUT2D eigenvalue weighted by Gasteiger charge is 2.30. The number of benzene rings is 3. The van der Waals surface area contributed by atoms with Gasteiger partial charge in [-0.05, 0) is 47.4 Å². The maximum Gasteiger partial charge on any atom is 0.416 e. The van der Waals surface area contributed by atoms with Crippen molar-refractivity contribution in [2.45, 2.75) is 25.2 Å². The molecule has 0 radical (unpaired) electrons. The smallest absolute Gasteiger partial charge is 0.416 e. The molecule has 0 aromatic heterocycles. The molecule has 3 N–H and O–H groups in total. The number of esters is 1. The first-order chi connectivity index (χ1) is 15.1. The molecule has 2 atom stereocenters. The predicted molar refractivity (Wildman–Crippen MR) is 112 cm³/mol. The van der Waals surface area contributed by atoms with Crippen LogP contribution in [0, 0.1) is 0 Å². The third kappa shape index (κ3) is 4.97. The molecule has 0 aliphatic rings. The zero-order chi connectivity index (χ0) is 23.5. The van der Waals surface area contributed by atoms with Crippen LogP contribution >= 0.6 is 0 Å². The van der Waals surface area contributed by atoms with Crippen LogP contribution in [0.5, 0.6) is 0 Å². The van der Waals surface area contributed by atoms with E-state index in [-0.39, 0.29) is 5.56 Å². The molecule has 0 saturated carbocycles. The van der Waals surface area contributed by atoms with E-state index in [1.807, 2.05) is 0 Å². The number of aromatic carboxylic acids is 1. The quantitative estimate of drug-likeness (QED) is 0.500. The van der Waals surface area contributed by atoms with Crippen LogP contribution in [0.1, 0.15) is 46.1 Å². The number of hydrogen-bond acceptors (Lipinski definition) is 4. The number of carboxylic acid groups (broad SMARTS) is 1. The van der Waals surface area contributed by atoms with Gasteiger partial charge in [-0.25, -0.2) is 9.59 Å². The van der Waals surface area contributed by atoms with Gasteiger partial charge < -0.3 is 15.6 Å². The molecule has 0 amide bonds. The van der Waals surface area contributed by atoms with E-state index >= 15 is 0 Å². The number of ether oxygens (including phenoxy) is 1. The first-order valence-corrected chi connectivity index (χ1v) is 9.64. The summed E-state index contributed by atoms with van der Waals surface area (Å²) in [6.45, 7) is 1.53. The van der Waals surface area contributed by atoms with Crippen LogP contribution in [0.25, 0.3) is 11.1 Å². The summed E-state index contributed by atoms with van der Waals surface area (Å²) in [5, 5.41) is 9.49. The number of hydrogen-bond donors (Lipinski definition) is 2. The Balaban J connectivity index is 1.84. The molecule has 3 rings (SSSR count). The van der Waals surface area contributed by atoms with E-state index in [0.717, 1.165) is 12.1 Å². The van der Waals surface area contributed by atoms with E-state index < -0.39 is 35.8 Å². The number of carbonyl (C=O) groups excluding carboxylic acids is 1. The molecule has 0 aliphatic carbocycles. The van der Waals surface area contributed by atoms with Crippen LogP contribution in [-0.2, 0) is 15.7 Å². The number of rotatable bonds is 6.